The number of ether oxygens (including phenoxy) is 1. The summed E-state index contributed by atoms with van der Waals surface area (Å²) in [5.74, 6) is -2.40. The summed E-state index contributed by atoms with van der Waals surface area (Å²) < 4.78 is 20.1. The molecule has 12 heteroatoms. The van der Waals surface area contributed by atoms with Gasteiger partial charge < -0.3 is 20.3 Å². The zero-order chi connectivity index (χ0) is 26.4. The Bertz CT molecular complexity index is 1270. The van der Waals surface area contributed by atoms with Gasteiger partial charge in [0, 0.05) is 54.9 Å². The Labute approximate surface area is 213 Å². The van der Waals surface area contributed by atoms with Crippen molar-refractivity contribution in [2.75, 3.05) is 31.6 Å². The van der Waals surface area contributed by atoms with E-state index in [0.29, 0.717) is 54.2 Å². The third kappa shape index (κ3) is 4.50. The predicted octanol–water partition coefficient (Wildman–Crippen LogP) is -0.413. The maximum absolute atomic E-state index is 14.7. The van der Waals surface area contributed by atoms with Gasteiger partial charge in [-0.25, -0.2) is 4.39 Å². The number of nitrogens with zero attached hydrogens (tertiary/aromatic N) is 2. The van der Waals surface area contributed by atoms with Gasteiger partial charge in [-0.05, 0) is 29.8 Å². The standard InChI is InChI=1S/C25H28BFN4O6/c26-25(36,30-8-10-37-11-9-30)16-4-5-19(27)15(12-16)13-28-20-3-1-2-17-18(20)14-31(22(17)33)24(35)7-6-21(32)29-23(24)34/h1-5,12,28,35-36H,6-11,13-14,26H2,(H,29,32,34). The molecule has 0 aliphatic carbocycles. The monoisotopic (exact) mass is 510 g/mol. The lowest BCUT2D eigenvalue weighted by molar-refractivity contribution is -0.167. The molecule has 3 aliphatic heterocycles. The van der Waals surface area contributed by atoms with E-state index in [2.05, 4.69) is 10.6 Å². The van der Waals surface area contributed by atoms with Gasteiger partial charge in [-0.2, -0.15) is 0 Å². The molecule has 0 spiro atoms. The van der Waals surface area contributed by atoms with Gasteiger partial charge >= 0.3 is 0 Å². The van der Waals surface area contributed by atoms with E-state index in [9.17, 15) is 29.0 Å². The molecule has 0 radical (unpaired) electrons. The van der Waals surface area contributed by atoms with Crippen LogP contribution < -0.4 is 10.6 Å². The number of hydrogen-bond acceptors (Lipinski definition) is 8. The Hall–Kier alpha value is -3.32. The number of hydrogen-bond donors (Lipinski definition) is 4. The number of carbonyl (C=O) groups excluding carboxylic acids is 3. The molecule has 0 aromatic heterocycles. The first-order chi connectivity index (χ1) is 17.6. The summed E-state index contributed by atoms with van der Waals surface area (Å²) in [4.78, 5) is 40.0. The molecule has 37 heavy (non-hydrogen) atoms. The highest BCUT2D eigenvalue weighted by Gasteiger charge is 2.51. The van der Waals surface area contributed by atoms with Gasteiger partial charge in [0.15, 0.2) is 7.85 Å². The van der Waals surface area contributed by atoms with E-state index in [0.717, 1.165) is 4.90 Å². The summed E-state index contributed by atoms with van der Waals surface area (Å²) in [5.41, 5.74) is -1.14. The number of anilines is 1. The fourth-order valence-electron chi connectivity index (χ4n) is 5.12. The number of fused-ring (bicyclic) bond motifs is 1. The molecule has 5 rings (SSSR count). The van der Waals surface area contributed by atoms with Crippen LogP contribution in [0, 0.1) is 5.82 Å². The van der Waals surface area contributed by atoms with Gasteiger partial charge in [-0.15, -0.1) is 0 Å². The van der Waals surface area contributed by atoms with Gasteiger partial charge in [0.05, 0.1) is 19.8 Å². The molecule has 2 unspecified atom stereocenters. The summed E-state index contributed by atoms with van der Waals surface area (Å²) >= 11 is 0. The first-order valence-electron chi connectivity index (χ1n) is 12.2. The number of benzene rings is 2. The van der Waals surface area contributed by atoms with Gasteiger partial charge in [-0.3, -0.25) is 29.5 Å². The Morgan fingerprint density at radius 3 is 2.68 bits per heavy atom. The second kappa shape index (κ2) is 9.53. The fourth-order valence-corrected chi connectivity index (χ4v) is 5.12. The van der Waals surface area contributed by atoms with Crippen LogP contribution in [0.5, 0.6) is 0 Å². The summed E-state index contributed by atoms with van der Waals surface area (Å²) in [6, 6.07) is 9.48. The molecule has 4 N–H and O–H groups in total. The van der Waals surface area contributed by atoms with E-state index >= 15 is 0 Å². The third-order valence-corrected chi connectivity index (χ3v) is 7.42. The molecule has 3 heterocycles. The fraction of sp³-hybridized carbons (Fsp3) is 0.400. The first-order valence-corrected chi connectivity index (χ1v) is 12.2. The first kappa shape index (κ1) is 25.3. The number of carbonyl (C=O) groups is 3. The summed E-state index contributed by atoms with van der Waals surface area (Å²) in [7, 11) is 1.67. The van der Waals surface area contributed by atoms with Crippen LogP contribution in [0.1, 0.15) is 39.9 Å². The van der Waals surface area contributed by atoms with Gasteiger partial charge in [-0.1, -0.05) is 12.1 Å². The van der Waals surface area contributed by atoms with E-state index in [1.165, 1.54) is 6.07 Å². The minimum atomic E-state index is -2.13. The lowest BCUT2D eigenvalue weighted by atomic mass is 9.81. The number of imide groups is 1. The molecular weight excluding hydrogens is 482 g/mol. The molecule has 2 atom stereocenters. The second-order valence-corrected chi connectivity index (χ2v) is 9.70. The summed E-state index contributed by atoms with van der Waals surface area (Å²) in [5, 5.41) is 27.4. The van der Waals surface area contributed by atoms with Crippen molar-refractivity contribution >= 4 is 31.3 Å². The van der Waals surface area contributed by atoms with E-state index in [1.807, 2.05) is 4.90 Å². The minimum Gasteiger partial charge on any atom is -0.381 e. The predicted molar refractivity (Wildman–Crippen MR) is 132 cm³/mol. The van der Waals surface area contributed by atoms with Crippen LogP contribution in [-0.4, -0.2) is 77.6 Å². The Balaban J connectivity index is 1.36. The molecule has 2 aromatic carbocycles. The molecule has 0 saturated carbocycles. The van der Waals surface area contributed by atoms with E-state index < -0.39 is 34.9 Å². The Morgan fingerprint density at radius 1 is 1.19 bits per heavy atom. The van der Waals surface area contributed by atoms with E-state index in [4.69, 9.17) is 4.74 Å². The molecule has 194 valence electrons. The summed E-state index contributed by atoms with van der Waals surface area (Å²) in [6.07, 6.45) is -0.279. The van der Waals surface area contributed by atoms with E-state index in [-0.39, 0.29) is 25.9 Å². The molecule has 0 bridgehead atoms. The minimum absolute atomic E-state index is 0.0519. The highest BCUT2D eigenvalue weighted by atomic mass is 19.1. The topological polar surface area (TPSA) is 131 Å². The number of amides is 3. The van der Waals surface area contributed by atoms with Crippen LogP contribution in [0.4, 0.5) is 10.1 Å². The van der Waals surface area contributed by atoms with Crippen LogP contribution in [0.3, 0.4) is 0 Å². The number of nitrogens with one attached hydrogen (secondary N) is 2. The summed E-state index contributed by atoms with van der Waals surface area (Å²) in [6.45, 7) is 2.14. The van der Waals surface area contributed by atoms with Crippen molar-refractivity contribution in [3.05, 3.63) is 64.5 Å². The van der Waals surface area contributed by atoms with Crippen molar-refractivity contribution in [3.8, 4) is 0 Å². The normalized spacial score (nSPS) is 24.0. The van der Waals surface area contributed by atoms with Crippen molar-refractivity contribution in [3.63, 3.8) is 0 Å². The van der Waals surface area contributed by atoms with Gasteiger partial charge in [0.1, 0.15) is 11.4 Å². The van der Waals surface area contributed by atoms with Crippen molar-refractivity contribution in [2.24, 2.45) is 0 Å². The zero-order valence-corrected chi connectivity index (χ0v) is 20.4. The van der Waals surface area contributed by atoms with Crippen LogP contribution >= 0.6 is 0 Å². The number of halogens is 1. The van der Waals surface area contributed by atoms with Crippen molar-refractivity contribution in [1.82, 2.24) is 15.1 Å². The van der Waals surface area contributed by atoms with E-state index in [1.54, 1.807) is 38.2 Å². The second-order valence-electron chi connectivity index (χ2n) is 9.70. The van der Waals surface area contributed by atoms with Crippen LogP contribution in [0.2, 0.25) is 0 Å². The molecular formula is C25H28BFN4O6. The zero-order valence-electron chi connectivity index (χ0n) is 20.4. The molecule has 10 nitrogen and oxygen atoms in total. The van der Waals surface area contributed by atoms with Crippen LogP contribution in [0.15, 0.2) is 36.4 Å². The largest absolute Gasteiger partial charge is 0.381 e. The molecule has 2 saturated heterocycles. The van der Waals surface area contributed by atoms with Crippen molar-refractivity contribution in [2.45, 2.75) is 37.3 Å². The van der Waals surface area contributed by atoms with Gasteiger partial charge in [0.25, 0.3) is 11.8 Å². The quantitative estimate of drug-likeness (QED) is 0.305. The molecule has 3 aliphatic rings. The average molecular weight is 510 g/mol. The van der Waals surface area contributed by atoms with Gasteiger partial charge in [0.2, 0.25) is 11.6 Å². The lowest BCUT2D eigenvalue weighted by Gasteiger charge is -2.40. The molecule has 3 amide bonds. The van der Waals surface area contributed by atoms with Crippen LogP contribution in [-0.2, 0) is 33.0 Å². The number of aliphatic hydroxyl groups is 2. The highest BCUT2D eigenvalue weighted by Crippen LogP contribution is 2.36. The third-order valence-electron chi connectivity index (χ3n) is 7.42. The van der Waals surface area contributed by atoms with Crippen LogP contribution in [0.25, 0.3) is 0 Å². The Morgan fingerprint density at radius 2 is 1.95 bits per heavy atom. The van der Waals surface area contributed by atoms with Crippen molar-refractivity contribution in [1.29, 1.82) is 0 Å². The lowest BCUT2D eigenvalue weighted by Crippen LogP contribution is -2.63. The number of piperidine rings is 1. The smallest absolute Gasteiger partial charge is 0.279 e. The SMILES string of the molecule is BC(O)(c1ccc(F)c(CNc2cccc3c2CN(C2(O)CCC(=O)NC2=O)C3=O)c1)N1CCOCC1. The number of morpholine rings is 1. The highest BCUT2D eigenvalue weighted by molar-refractivity contribution is 6.14. The average Bonchev–Trinajstić information content (AvgIpc) is 3.24. The Kier molecular flexibility index (Phi) is 6.53. The van der Waals surface area contributed by atoms with Crippen molar-refractivity contribution < 1.29 is 33.7 Å². The maximum atomic E-state index is 14.7. The molecule has 2 fully saturated rings. The maximum Gasteiger partial charge on any atom is 0.279 e. The number of rotatable bonds is 6. The molecule has 2 aromatic rings.